The number of hydrogen-bond acceptors (Lipinski definition) is 4. The number of rotatable bonds is 3. The highest BCUT2D eigenvalue weighted by atomic mass is 19.1. The average Bonchev–Trinajstić information content (AvgIpc) is 2.63. The van der Waals surface area contributed by atoms with Crippen LogP contribution in [0.5, 0.6) is 0 Å². The third-order valence-corrected chi connectivity index (χ3v) is 4.49. The average molecular weight is 366 g/mol. The molecule has 0 aliphatic carbocycles. The number of benzene rings is 1. The molecular weight excluding hydrogens is 343 g/mol. The Hall–Kier alpha value is -3.15. The zero-order valence-corrected chi connectivity index (χ0v) is 15.6. The second kappa shape index (κ2) is 7.23. The number of anilines is 2. The summed E-state index contributed by atoms with van der Waals surface area (Å²) in [6.45, 7) is 7.03. The van der Waals surface area contributed by atoms with Gasteiger partial charge in [0.05, 0.1) is 11.4 Å². The Labute approximate surface area is 158 Å². The van der Waals surface area contributed by atoms with Crippen molar-refractivity contribution in [3.05, 3.63) is 65.9 Å². The number of nitrogens with one attached hydrogen (secondary N) is 2. The first-order valence-corrected chi connectivity index (χ1v) is 8.72. The molecule has 0 atom stereocenters. The van der Waals surface area contributed by atoms with E-state index in [2.05, 4.69) is 36.4 Å². The Kier molecular flexibility index (Phi) is 4.99. The quantitative estimate of drug-likeness (QED) is 0.569. The lowest BCUT2D eigenvalue weighted by molar-refractivity contribution is -0.113. The summed E-state index contributed by atoms with van der Waals surface area (Å²) < 4.78 is 13.0. The van der Waals surface area contributed by atoms with Crippen LogP contribution in [0.3, 0.4) is 0 Å². The lowest BCUT2D eigenvalue weighted by atomic mass is 9.85. The van der Waals surface area contributed by atoms with Gasteiger partial charge in [0.25, 0.3) is 5.91 Å². The van der Waals surface area contributed by atoms with E-state index in [0.29, 0.717) is 23.6 Å². The Morgan fingerprint density at radius 2 is 1.93 bits per heavy atom. The highest BCUT2D eigenvalue weighted by Crippen LogP contribution is 2.29. The molecule has 0 bridgehead atoms. The summed E-state index contributed by atoms with van der Waals surface area (Å²) >= 11 is 0. The highest BCUT2D eigenvalue weighted by Gasteiger charge is 2.21. The predicted molar refractivity (Wildman–Crippen MR) is 106 cm³/mol. The van der Waals surface area contributed by atoms with Crippen molar-refractivity contribution in [2.24, 2.45) is 5.41 Å². The van der Waals surface area contributed by atoms with Crippen LogP contribution in [0.15, 0.2) is 60.0 Å². The Balaban J connectivity index is 1.80. The normalized spacial score (nSPS) is 14.1. The topological polar surface area (TPSA) is 80.0 Å². The lowest BCUT2D eigenvalue weighted by Gasteiger charge is -2.26. The molecule has 1 aromatic carbocycles. The number of allylic oxidation sites excluding steroid dienone is 2. The van der Waals surface area contributed by atoms with Crippen molar-refractivity contribution >= 4 is 17.3 Å². The number of nitrogens with two attached hydrogens (primary N) is 1. The van der Waals surface area contributed by atoms with Crippen LogP contribution in [0.25, 0.3) is 11.1 Å². The van der Waals surface area contributed by atoms with Gasteiger partial charge in [0, 0.05) is 18.3 Å². The maximum absolute atomic E-state index is 13.0. The summed E-state index contributed by atoms with van der Waals surface area (Å²) in [5.41, 5.74) is 10.2. The molecular formula is C21H23FN4O. The summed E-state index contributed by atoms with van der Waals surface area (Å²) in [4.78, 5) is 16.2. The molecule has 5 nitrogen and oxygen atoms in total. The van der Waals surface area contributed by atoms with Gasteiger partial charge in [0.1, 0.15) is 5.70 Å². The number of carbonyl (C=O) groups is 1. The summed E-state index contributed by atoms with van der Waals surface area (Å²) in [7, 11) is 0. The van der Waals surface area contributed by atoms with Gasteiger partial charge in [-0.25, -0.2) is 4.98 Å². The fraction of sp³-hybridized carbons (Fsp3) is 0.238. The number of dihydropyridines is 1. The molecule has 4 N–H and O–H groups in total. The molecule has 1 amide bonds. The number of amides is 1. The minimum Gasteiger partial charge on any atom is -0.397 e. The van der Waals surface area contributed by atoms with E-state index in [1.165, 1.54) is 17.8 Å². The van der Waals surface area contributed by atoms with Crippen molar-refractivity contribution in [1.29, 1.82) is 0 Å². The van der Waals surface area contributed by atoms with Gasteiger partial charge in [-0.15, -0.1) is 0 Å². The van der Waals surface area contributed by atoms with Crippen LogP contribution in [-0.4, -0.2) is 17.4 Å². The molecule has 27 heavy (non-hydrogen) atoms. The smallest absolute Gasteiger partial charge is 0.271 e. The number of aromatic nitrogens is 1. The zero-order chi connectivity index (χ0) is 19.6. The largest absolute Gasteiger partial charge is 0.397 e. The Morgan fingerprint density at radius 3 is 2.52 bits per heavy atom. The SMILES string of the molecule is CC(C)(C)C1=CC=C(C(=O)Nc2cc(-c3ccc(F)nc3)ccc2N)NC1. The van der Waals surface area contributed by atoms with Crippen LogP contribution in [0.2, 0.25) is 0 Å². The number of nitrogen functional groups attached to an aromatic ring is 1. The molecule has 1 aliphatic rings. The molecule has 1 aromatic heterocycles. The molecule has 2 aromatic rings. The molecule has 3 rings (SSSR count). The minimum atomic E-state index is -0.541. The Bertz CT molecular complexity index is 924. The van der Waals surface area contributed by atoms with Crippen LogP contribution in [0.4, 0.5) is 15.8 Å². The third-order valence-electron chi connectivity index (χ3n) is 4.49. The first-order valence-electron chi connectivity index (χ1n) is 8.72. The van der Waals surface area contributed by atoms with Crippen molar-refractivity contribution in [2.75, 3.05) is 17.6 Å². The van der Waals surface area contributed by atoms with Crippen LogP contribution in [0.1, 0.15) is 20.8 Å². The molecule has 0 fully saturated rings. The summed E-state index contributed by atoms with van der Waals surface area (Å²) in [6, 6.07) is 8.18. The van der Waals surface area contributed by atoms with Crippen LogP contribution in [-0.2, 0) is 4.79 Å². The zero-order valence-electron chi connectivity index (χ0n) is 15.6. The number of hydrogen-bond donors (Lipinski definition) is 3. The van der Waals surface area contributed by atoms with E-state index in [4.69, 9.17) is 5.73 Å². The van der Waals surface area contributed by atoms with E-state index < -0.39 is 5.95 Å². The fourth-order valence-electron chi connectivity index (χ4n) is 2.74. The fourth-order valence-corrected chi connectivity index (χ4v) is 2.74. The van der Waals surface area contributed by atoms with Gasteiger partial charge in [-0.2, -0.15) is 4.39 Å². The molecule has 1 aliphatic heterocycles. The molecule has 0 saturated carbocycles. The van der Waals surface area contributed by atoms with Crippen LogP contribution >= 0.6 is 0 Å². The lowest BCUT2D eigenvalue weighted by Crippen LogP contribution is -2.32. The van der Waals surface area contributed by atoms with E-state index in [0.717, 1.165) is 11.1 Å². The van der Waals surface area contributed by atoms with Crippen molar-refractivity contribution in [1.82, 2.24) is 10.3 Å². The second-order valence-electron chi connectivity index (χ2n) is 7.50. The summed E-state index contributed by atoms with van der Waals surface area (Å²) in [5, 5.41) is 5.99. The van der Waals surface area contributed by atoms with E-state index in [1.54, 1.807) is 30.3 Å². The molecule has 2 heterocycles. The van der Waals surface area contributed by atoms with Crippen molar-refractivity contribution < 1.29 is 9.18 Å². The van der Waals surface area contributed by atoms with E-state index in [9.17, 15) is 9.18 Å². The number of carbonyl (C=O) groups excluding carboxylic acids is 1. The van der Waals surface area contributed by atoms with E-state index in [-0.39, 0.29) is 11.3 Å². The third kappa shape index (κ3) is 4.34. The van der Waals surface area contributed by atoms with Gasteiger partial charge < -0.3 is 16.4 Å². The first-order chi connectivity index (χ1) is 12.7. The van der Waals surface area contributed by atoms with Gasteiger partial charge in [0.2, 0.25) is 5.95 Å². The molecule has 0 unspecified atom stereocenters. The van der Waals surface area contributed by atoms with Gasteiger partial charge in [0.15, 0.2) is 0 Å². The van der Waals surface area contributed by atoms with Crippen molar-refractivity contribution in [3.63, 3.8) is 0 Å². The van der Waals surface area contributed by atoms with Crippen molar-refractivity contribution in [3.8, 4) is 11.1 Å². The van der Waals surface area contributed by atoms with Gasteiger partial charge in [-0.05, 0) is 46.9 Å². The molecule has 0 spiro atoms. The van der Waals surface area contributed by atoms with Crippen LogP contribution < -0.4 is 16.4 Å². The van der Waals surface area contributed by atoms with E-state index in [1.807, 2.05) is 6.08 Å². The number of halogens is 1. The molecule has 0 saturated heterocycles. The number of nitrogens with zero attached hydrogens (tertiary/aromatic N) is 1. The van der Waals surface area contributed by atoms with Crippen molar-refractivity contribution in [2.45, 2.75) is 20.8 Å². The molecule has 140 valence electrons. The predicted octanol–water partition coefficient (Wildman–Crippen LogP) is 3.87. The Morgan fingerprint density at radius 1 is 1.19 bits per heavy atom. The maximum Gasteiger partial charge on any atom is 0.271 e. The van der Waals surface area contributed by atoms with Gasteiger partial charge in [-0.3, -0.25) is 4.79 Å². The second-order valence-corrected chi connectivity index (χ2v) is 7.50. The number of pyridine rings is 1. The molecule has 6 heteroatoms. The van der Waals surface area contributed by atoms with Gasteiger partial charge in [-0.1, -0.05) is 32.9 Å². The standard InChI is InChI=1S/C21H23FN4O/c1-21(2,3)15-6-8-17(24-12-15)20(27)26-18-10-13(4-7-16(18)23)14-5-9-19(22)25-11-14/h4-11,24H,12,23H2,1-3H3,(H,26,27). The van der Waals surface area contributed by atoms with E-state index >= 15 is 0 Å². The van der Waals surface area contributed by atoms with Crippen LogP contribution in [0, 0.1) is 11.4 Å². The summed E-state index contributed by atoms with van der Waals surface area (Å²) in [5.74, 6) is -0.805. The highest BCUT2D eigenvalue weighted by molar-refractivity contribution is 6.05. The maximum atomic E-state index is 13.0. The monoisotopic (exact) mass is 366 g/mol. The minimum absolute atomic E-state index is 0.0491. The molecule has 0 radical (unpaired) electrons. The summed E-state index contributed by atoms with van der Waals surface area (Å²) in [6.07, 6.45) is 5.20. The first kappa shape index (κ1) is 18.6. The van der Waals surface area contributed by atoms with Gasteiger partial charge >= 0.3 is 0 Å².